The number of aromatic amines is 1. The summed E-state index contributed by atoms with van der Waals surface area (Å²) in [5.74, 6) is -0.264. The molecule has 2 fully saturated rings. The molecule has 35 heavy (non-hydrogen) atoms. The van der Waals surface area contributed by atoms with Gasteiger partial charge in [0, 0.05) is 43.1 Å². The number of carbonyl (C=O) groups is 2. The summed E-state index contributed by atoms with van der Waals surface area (Å²) in [4.78, 5) is 34.1. The number of aromatic nitrogens is 2. The van der Waals surface area contributed by atoms with Gasteiger partial charge in [0.15, 0.2) is 5.13 Å². The summed E-state index contributed by atoms with van der Waals surface area (Å²) in [5, 5.41) is 16.0. The second-order valence-corrected chi connectivity index (χ2v) is 10.3. The van der Waals surface area contributed by atoms with Crippen molar-refractivity contribution >= 4 is 51.5 Å². The number of methoxy groups -OCH3 is 1. The van der Waals surface area contributed by atoms with E-state index in [1.54, 1.807) is 14.0 Å². The number of nitrogens with one attached hydrogen (secondary N) is 2. The number of piperidine rings is 1. The van der Waals surface area contributed by atoms with Crippen LogP contribution in [-0.2, 0) is 6.42 Å². The van der Waals surface area contributed by atoms with Crippen molar-refractivity contribution in [1.29, 1.82) is 0 Å². The Hall–Kier alpha value is -2.15. The van der Waals surface area contributed by atoms with E-state index < -0.39 is 5.97 Å². The van der Waals surface area contributed by atoms with Gasteiger partial charge >= 0.3 is 18.9 Å². The number of ether oxygens (including phenoxy) is 1. The molecule has 2 aromatic heterocycles. The molecule has 1 saturated heterocycles. The first kappa shape index (κ1) is 25.9. The Kier molecular flexibility index (Phi) is 7.46. The Morgan fingerprint density at radius 3 is 2.60 bits per heavy atom. The van der Waals surface area contributed by atoms with Gasteiger partial charge in [-0.1, -0.05) is 46.7 Å². The summed E-state index contributed by atoms with van der Waals surface area (Å²) in [6.45, 7) is 3.13. The number of carboxylic acids is 1. The summed E-state index contributed by atoms with van der Waals surface area (Å²) < 4.78 is 5.25. The van der Waals surface area contributed by atoms with Crippen LogP contribution in [0, 0.1) is 18.8 Å². The number of rotatable bonds is 7. The number of hydrogen-bond acceptors (Lipinski definition) is 7. The number of aromatic carboxylic acids is 1. The predicted molar refractivity (Wildman–Crippen MR) is 128 cm³/mol. The fraction of sp³-hybridized carbons (Fsp3) is 0.348. The van der Waals surface area contributed by atoms with Crippen LogP contribution >= 0.6 is 34.5 Å². The number of hydrogen-bond donors (Lipinski definition) is 2. The predicted octanol–water partition coefficient (Wildman–Crippen LogP) is -0.0821. The standard InChI is InChI=1S/C23H22Cl2N4O4S.Li/c1-10-16(24)17(25)19(26-10)21(30)28-18-13-8-29(9-14(13)18)23-27-15(20(34-23)22(31)32)7-11-4-3-5-12(6-11)33-2;/h3-6,13-14,18,26H,7-9H2,1-2H3,(H,28,30)(H,31,32);/q;+1/p-1/t13-,14+,18?;. The minimum Gasteiger partial charge on any atom is -0.544 e. The van der Waals surface area contributed by atoms with Crippen molar-refractivity contribution in [2.45, 2.75) is 19.4 Å². The monoisotopic (exact) mass is 526 g/mol. The van der Waals surface area contributed by atoms with Crippen molar-refractivity contribution in [3.05, 3.63) is 61.8 Å². The van der Waals surface area contributed by atoms with Crippen molar-refractivity contribution in [2.75, 3.05) is 25.1 Å². The molecule has 178 valence electrons. The van der Waals surface area contributed by atoms with Crippen LogP contribution in [0.25, 0.3) is 0 Å². The molecule has 5 rings (SSSR count). The molecule has 1 saturated carbocycles. The second kappa shape index (κ2) is 10.1. The van der Waals surface area contributed by atoms with Crippen molar-refractivity contribution in [3.8, 4) is 5.75 Å². The molecule has 1 aliphatic carbocycles. The molecular weight excluding hydrogens is 506 g/mol. The zero-order valence-electron chi connectivity index (χ0n) is 19.4. The van der Waals surface area contributed by atoms with Gasteiger partial charge in [-0.2, -0.15) is 0 Å². The van der Waals surface area contributed by atoms with Gasteiger partial charge in [0.05, 0.1) is 33.7 Å². The maximum absolute atomic E-state index is 12.6. The normalized spacial score (nSPS) is 20.2. The van der Waals surface area contributed by atoms with Gasteiger partial charge in [-0.3, -0.25) is 4.79 Å². The van der Waals surface area contributed by atoms with Gasteiger partial charge in [0.1, 0.15) is 11.4 Å². The molecule has 0 spiro atoms. The van der Waals surface area contributed by atoms with Crippen molar-refractivity contribution in [2.24, 2.45) is 11.8 Å². The first-order valence-corrected chi connectivity index (χ1v) is 12.3. The number of halogens is 2. The average Bonchev–Trinajstić information content (AvgIpc) is 3.18. The SMILES string of the molecule is COc1cccc(Cc2nc(N3C[C@@H]4C(NC(=O)c5[nH]c(C)c(Cl)c5Cl)[C@@H]4C3)sc2C(=O)[O-])c1.[Li+]. The molecule has 1 aliphatic heterocycles. The molecule has 2 aliphatic rings. The molecule has 1 amide bonds. The first-order valence-electron chi connectivity index (χ1n) is 10.7. The van der Waals surface area contributed by atoms with Gasteiger partial charge in [-0.15, -0.1) is 0 Å². The Morgan fingerprint density at radius 1 is 1.29 bits per heavy atom. The maximum Gasteiger partial charge on any atom is 1.00 e. The van der Waals surface area contributed by atoms with Crippen LogP contribution in [-0.4, -0.2) is 48.1 Å². The first-order chi connectivity index (χ1) is 16.3. The third-order valence-corrected chi connectivity index (χ3v) is 8.51. The van der Waals surface area contributed by atoms with E-state index in [0.717, 1.165) is 16.9 Å². The molecular formula is C23H21Cl2LiN4O4S. The Morgan fingerprint density at radius 2 is 2.00 bits per heavy atom. The van der Waals surface area contributed by atoms with Gasteiger partial charge < -0.3 is 29.8 Å². The van der Waals surface area contributed by atoms with Crippen molar-refractivity contribution in [1.82, 2.24) is 15.3 Å². The molecule has 1 aromatic carbocycles. The van der Waals surface area contributed by atoms with Gasteiger partial charge in [-0.05, 0) is 24.6 Å². The average molecular weight is 527 g/mol. The van der Waals surface area contributed by atoms with E-state index in [9.17, 15) is 14.7 Å². The van der Waals surface area contributed by atoms with E-state index in [0.29, 0.717) is 46.8 Å². The zero-order valence-corrected chi connectivity index (χ0v) is 21.7. The fourth-order valence-corrected chi connectivity index (χ4v) is 5.93. The van der Waals surface area contributed by atoms with Crippen LogP contribution in [0.2, 0.25) is 10.0 Å². The van der Waals surface area contributed by atoms with E-state index in [4.69, 9.17) is 27.9 Å². The van der Waals surface area contributed by atoms with Gasteiger partial charge in [0.25, 0.3) is 5.91 Å². The number of anilines is 1. The molecule has 0 radical (unpaired) electrons. The third kappa shape index (κ3) is 4.93. The molecule has 12 heteroatoms. The van der Waals surface area contributed by atoms with Gasteiger partial charge in [0.2, 0.25) is 0 Å². The van der Waals surface area contributed by atoms with Crippen LogP contribution < -0.4 is 38.9 Å². The molecule has 3 heterocycles. The zero-order chi connectivity index (χ0) is 24.1. The quantitative estimate of drug-likeness (QED) is 0.416. The Labute approximate surface area is 228 Å². The second-order valence-electron chi connectivity index (χ2n) is 8.57. The van der Waals surface area contributed by atoms with Gasteiger partial charge in [-0.25, -0.2) is 4.98 Å². The van der Waals surface area contributed by atoms with E-state index in [2.05, 4.69) is 20.2 Å². The molecule has 3 aromatic rings. The van der Waals surface area contributed by atoms with Crippen LogP contribution in [0.3, 0.4) is 0 Å². The summed E-state index contributed by atoms with van der Waals surface area (Å²) in [6, 6.07) is 7.50. The molecule has 2 N–H and O–H groups in total. The van der Waals surface area contributed by atoms with E-state index in [1.807, 2.05) is 24.3 Å². The number of thiazole rings is 1. The topological polar surface area (TPSA) is 110 Å². The summed E-state index contributed by atoms with van der Waals surface area (Å²) in [7, 11) is 1.59. The van der Waals surface area contributed by atoms with E-state index >= 15 is 0 Å². The van der Waals surface area contributed by atoms with E-state index in [-0.39, 0.29) is 58.2 Å². The minimum atomic E-state index is -1.23. The maximum atomic E-state index is 12.6. The summed E-state index contributed by atoms with van der Waals surface area (Å²) in [6.07, 6.45) is 0.370. The summed E-state index contributed by atoms with van der Waals surface area (Å²) in [5.41, 5.74) is 2.30. The third-order valence-electron chi connectivity index (χ3n) is 6.42. The van der Waals surface area contributed by atoms with Crippen LogP contribution in [0.1, 0.15) is 37.1 Å². The van der Waals surface area contributed by atoms with Crippen LogP contribution in [0.5, 0.6) is 5.75 Å². The molecule has 8 nitrogen and oxygen atoms in total. The number of carbonyl (C=O) groups excluding carboxylic acids is 2. The number of H-pyrrole nitrogens is 1. The largest absolute Gasteiger partial charge is 1.00 e. The Balaban J connectivity index is 0.00000289. The number of nitrogens with zero attached hydrogens (tertiary/aromatic N) is 2. The number of benzene rings is 1. The van der Waals surface area contributed by atoms with Crippen molar-refractivity contribution in [3.63, 3.8) is 0 Å². The van der Waals surface area contributed by atoms with E-state index in [1.165, 1.54) is 0 Å². The number of fused-ring (bicyclic) bond motifs is 1. The number of aryl methyl sites for hydroxylation is 1. The number of amides is 1. The van der Waals surface area contributed by atoms with Crippen molar-refractivity contribution < 1.29 is 38.3 Å². The Bertz CT molecular complexity index is 1280. The molecule has 3 atom stereocenters. The van der Waals surface area contributed by atoms with Crippen LogP contribution in [0.4, 0.5) is 5.13 Å². The van der Waals surface area contributed by atoms with Crippen LogP contribution in [0.15, 0.2) is 24.3 Å². The minimum absolute atomic E-state index is 0. The molecule has 0 bridgehead atoms. The smallest absolute Gasteiger partial charge is 0.544 e. The number of carboxylic acid groups (broad SMARTS) is 1. The fourth-order valence-electron chi connectivity index (χ4n) is 4.58. The summed E-state index contributed by atoms with van der Waals surface area (Å²) >= 11 is 13.4. The molecule has 1 unspecified atom stereocenters.